The number of ether oxygens (including phenoxy) is 2. The van der Waals surface area contributed by atoms with E-state index in [9.17, 15) is 19.5 Å². The standard InChI is InChI=1S/C29H30N4O6/c1-17(31-16-35)28(36)32-21-8-18(14-34)7-19(9-21)15-39-27-12-24-23(11-26(27)38-2)29(37)33-22(13-30-24)10-20-5-3-4-6-25(20)33/h3-9,11-12,16-17,22,30,34H,10,13-15H2,1-2H3,(H,31,35)(H,32,36). The fourth-order valence-electron chi connectivity index (χ4n) is 5.01. The number of rotatable bonds is 9. The van der Waals surface area contributed by atoms with Gasteiger partial charge in [-0.3, -0.25) is 14.4 Å². The first-order valence-corrected chi connectivity index (χ1v) is 12.7. The molecule has 2 heterocycles. The molecule has 10 nitrogen and oxygen atoms in total. The zero-order valence-electron chi connectivity index (χ0n) is 21.7. The smallest absolute Gasteiger partial charge is 0.260 e. The normalized spacial score (nSPS) is 16.1. The molecular weight excluding hydrogens is 500 g/mol. The summed E-state index contributed by atoms with van der Waals surface area (Å²) in [5, 5.41) is 18.3. The van der Waals surface area contributed by atoms with Crippen molar-refractivity contribution in [2.75, 3.05) is 29.2 Å². The molecule has 4 N–H and O–H groups in total. The van der Waals surface area contributed by atoms with Crippen LogP contribution in [0.2, 0.25) is 0 Å². The maximum absolute atomic E-state index is 13.6. The van der Waals surface area contributed by atoms with Crippen molar-refractivity contribution in [3.63, 3.8) is 0 Å². The molecule has 3 aromatic rings. The average Bonchev–Trinajstić information content (AvgIpc) is 3.26. The summed E-state index contributed by atoms with van der Waals surface area (Å²) in [5.41, 5.74) is 5.01. The van der Waals surface area contributed by atoms with E-state index in [1.165, 1.54) is 7.11 Å². The number of nitrogens with zero attached hydrogens (tertiary/aromatic N) is 1. The minimum atomic E-state index is -0.719. The molecule has 0 saturated heterocycles. The summed E-state index contributed by atoms with van der Waals surface area (Å²) < 4.78 is 11.7. The van der Waals surface area contributed by atoms with Crippen LogP contribution >= 0.6 is 0 Å². The van der Waals surface area contributed by atoms with Crippen LogP contribution in [-0.4, -0.2) is 49.1 Å². The number of hydrogen-bond donors (Lipinski definition) is 4. The molecule has 2 aliphatic heterocycles. The van der Waals surface area contributed by atoms with Crippen molar-refractivity contribution in [3.8, 4) is 11.5 Å². The summed E-state index contributed by atoms with van der Waals surface area (Å²) >= 11 is 0. The Bertz CT molecular complexity index is 1420. The van der Waals surface area contributed by atoms with Gasteiger partial charge in [0.15, 0.2) is 11.5 Å². The third-order valence-electron chi connectivity index (χ3n) is 6.96. The maximum atomic E-state index is 13.6. The number of para-hydroxylation sites is 1. The van der Waals surface area contributed by atoms with Crippen LogP contribution in [0.1, 0.15) is 34.0 Å². The lowest BCUT2D eigenvalue weighted by atomic mass is 10.1. The van der Waals surface area contributed by atoms with Gasteiger partial charge in [-0.1, -0.05) is 18.2 Å². The van der Waals surface area contributed by atoms with Crippen molar-refractivity contribution in [1.82, 2.24) is 5.32 Å². The zero-order valence-corrected chi connectivity index (χ0v) is 21.7. The van der Waals surface area contributed by atoms with Crippen LogP contribution in [0.15, 0.2) is 54.6 Å². The number of anilines is 3. The van der Waals surface area contributed by atoms with Crippen LogP contribution in [0.4, 0.5) is 17.1 Å². The van der Waals surface area contributed by atoms with E-state index in [0.29, 0.717) is 52.5 Å². The van der Waals surface area contributed by atoms with Gasteiger partial charge >= 0.3 is 0 Å². The third-order valence-corrected chi connectivity index (χ3v) is 6.96. The highest BCUT2D eigenvalue weighted by Gasteiger charge is 2.37. The van der Waals surface area contributed by atoms with Crippen LogP contribution in [0, 0.1) is 0 Å². The molecule has 0 bridgehead atoms. The van der Waals surface area contributed by atoms with E-state index >= 15 is 0 Å². The Morgan fingerprint density at radius 3 is 2.74 bits per heavy atom. The molecule has 3 amide bonds. The molecule has 0 spiro atoms. The molecule has 10 heteroatoms. The summed E-state index contributed by atoms with van der Waals surface area (Å²) in [6.07, 6.45) is 1.25. The van der Waals surface area contributed by atoms with Gasteiger partial charge in [-0.15, -0.1) is 0 Å². The SMILES string of the molecule is COc1cc2c(cc1OCc1cc(CO)cc(NC(=O)C(C)NC=O)c1)NCC1Cc3ccccc3N1C2=O. The summed E-state index contributed by atoms with van der Waals surface area (Å²) in [7, 11) is 1.52. The number of carbonyl (C=O) groups is 3. The summed E-state index contributed by atoms with van der Waals surface area (Å²) in [6.45, 7) is 2.05. The lowest BCUT2D eigenvalue weighted by Gasteiger charge is -2.22. The average molecular weight is 531 g/mol. The van der Waals surface area contributed by atoms with E-state index in [1.54, 1.807) is 37.3 Å². The van der Waals surface area contributed by atoms with Gasteiger partial charge in [0, 0.05) is 24.0 Å². The first-order valence-electron chi connectivity index (χ1n) is 12.7. The highest BCUT2D eigenvalue weighted by molar-refractivity contribution is 6.12. The van der Waals surface area contributed by atoms with Gasteiger partial charge in [-0.2, -0.15) is 0 Å². The Balaban J connectivity index is 1.37. The topological polar surface area (TPSA) is 129 Å². The van der Waals surface area contributed by atoms with Gasteiger partial charge in [0.2, 0.25) is 12.3 Å². The molecule has 2 aliphatic rings. The monoisotopic (exact) mass is 530 g/mol. The van der Waals surface area contributed by atoms with Gasteiger partial charge < -0.3 is 35.4 Å². The molecule has 0 radical (unpaired) electrons. The van der Waals surface area contributed by atoms with E-state index in [4.69, 9.17) is 9.47 Å². The van der Waals surface area contributed by atoms with E-state index in [2.05, 4.69) is 22.0 Å². The van der Waals surface area contributed by atoms with Gasteiger partial charge in [-0.05, 0) is 60.4 Å². The van der Waals surface area contributed by atoms with E-state index in [-0.39, 0.29) is 25.2 Å². The van der Waals surface area contributed by atoms with Crippen LogP contribution in [0.3, 0.4) is 0 Å². The Labute approximate surface area is 225 Å². The minimum absolute atomic E-state index is 0.0111. The highest BCUT2D eigenvalue weighted by atomic mass is 16.5. The molecule has 202 valence electrons. The zero-order chi connectivity index (χ0) is 27.5. The van der Waals surface area contributed by atoms with Crippen molar-refractivity contribution < 1.29 is 29.0 Å². The number of amides is 3. The molecule has 39 heavy (non-hydrogen) atoms. The number of benzene rings is 3. The molecule has 3 aromatic carbocycles. The molecule has 0 fully saturated rings. The van der Waals surface area contributed by atoms with Crippen molar-refractivity contribution >= 4 is 35.3 Å². The largest absolute Gasteiger partial charge is 0.493 e. The summed E-state index contributed by atoms with van der Waals surface area (Å²) in [4.78, 5) is 38.5. The quantitative estimate of drug-likeness (QED) is 0.313. The number of aliphatic hydroxyl groups excluding tert-OH is 1. The summed E-state index contributed by atoms with van der Waals surface area (Å²) in [6, 6.07) is 15.9. The lowest BCUT2D eigenvalue weighted by molar-refractivity contribution is -0.120. The number of fused-ring (bicyclic) bond motifs is 4. The second-order valence-electron chi connectivity index (χ2n) is 9.57. The molecule has 0 aliphatic carbocycles. The Kier molecular flexibility index (Phi) is 7.38. The fourth-order valence-corrected chi connectivity index (χ4v) is 5.01. The highest BCUT2D eigenvalue weighted by Crippen LogP contribution is 2.40. The van der Waals surface area contributed by atoms with E-state index in [1.807, 2.05) is 23.1 Å². The van der Waals surface area contributed by atoms with Crippen LogP contribution in [0.5, 0.6) is 11.5 Å². The maximum Gasteiger partial charge on any atom is 0.260 e. The van der Waals surface area contributed by atoms with Crippen molar-refractivity contribution in [2.24, 2.45) is 0 Å². The number of aliphatic hydroxyl groups is 1. The van der Waals surface area contributed by atoms with Crippen molar-refractivity contribution in [3.05, 3.63) is 76.9 Å². The first kappa shape index (κ1) is 26.1. The second kappa shape index (κ2) is 11.0. The van der Waals surface area contributed by atoms with Gasteiger partial charge in [-0.25, -0.2) is 0 Å². The third kappa shape index (κ3) is 5.23. The minimum Gasteiger partial charge on any atom is -0.493 e. The van der Waals surface area contributed by atoms with E-state index in [0.717, 1.165) is 17.7 Å². The van der Waals surface area contributed by atoms with Crippen LogP contribution in [0.25, 0.3) is 0 Å². The van der Waals surface area contributed by atoms with Crippen LogP contribution < -0.4 is 30.3 Å². The number of hydrogen-bond acceptors (Lipinski definition) is 7. The lowest BCUT2D eigenvalue weighted by Crippen LogP contribution is -2.39. The molecular formula is C29H30N4O6. The Morgan fingerprint density at radius 1 is 1.18 bits per heavy atom. The number of methoxy groups -OCH3 is 1. The number of carbonyl (C=O) groups excluding carboxylic acids is 3. The second-order valence-corrected chi connectivity index (χ2v) is 9.57. The number of nitrogens with one attached hydrogen (secondary N) is 3. The van der Waals surface area contributed by atoms with Gasteiger partial charge in [0.05, 0.1) is 31.0 Å². The molecule has 2 atom stereocenters. The fraction of sp³-hybridized carbons (Fsp3) is 0.276. The first-order chi connectivity index (χ1) is 18.9. The molecule has 5 rings (SSSR count). The Morgan fingerprint density at radius 2 is 1.97 bits per heavy atom. The van der Waals surface area contributed by atoms with Crippen LogP contribution in [-0.2, 0) is 29.2 Å². The predicted octanol–water partition coefficient (Wildman–Crippen LogP) is 2.84. The van der Waals surface area contributed by atoms with E-state index < -0.39 is 11.9 Å². The molecule has 0 saturated carbocycles. The Hall–Kier alpha value is -4.57. The molecule has 0 aromatic heterocycles. The van der Waals surface area contributed by atoms with Gasteiger partial charge in [0.1, 0.15) is 12.6 Å². The van der Waals surface area contributed by atoms with Crippen molar-refractivity contribution in [2.45, 2.75) is 38.6 Å². The molecule has 2 unspecified atom stereocenters. The predicted molar refractivity (Wildman–Crippen MR) is 146 cm³/mol. The van der Waals surface area contributed by atoms with Gasteiger partial charge in [0.25, 0.3) is 5.91 Å². The van der Waals surface area contributed by atoms with Crippen molar-refractivity contribution in [1.29, 1.82) is 0 Å². The summed E-state index contributed by atoms with van der Waals surface area (Å²) in [5.74, 6) is 0.373.